The van der Waals surface area contributed by atoms with E-state index in [1.165, 1.54) is 27.9 Å². The molecular weight excluding hydrogens is 533 g/mol. The van der Waals surface area contributed by atoms with Crippen LogP contribution in [0.25, 0.3) is 16.9 Å². The number of halogens is 4. The summed E-state index contributed by atoms with van der Waals surface area (Å²) in [5, 5.41) is 6.83. The Morgan fingerprint density at radius 1 is 1.05 bits per heavy atom. The summed E-state index contributed by atoms with van der Waals surface area (Å²) in [4.78, 5) is 31.8. The summed E-state index contributed by atoms with van der Waals surface area (Å²) >= 11 is 6.19. The molecule has 2 aromatic carbocycles. The van der Waals surface area contributed by atoms with Crippen LogP contribution < -0.4 is 11.1 Å². The van der Waals surface area contributed by atoms with Crippen molar-refractivity contribution in [2.24, 2.45) is 5.73 Å². The molecular formula is C27H22ClF3N6O2. The normalized spacial score (nSPS) is 17.2. The van der Waals surface area contributed by atoms with Crippen molar-refractivity contribution < 1.29 is 22.8 Å². The number of alkyl halides is 1. The number of pyridine rings is 1. The molecule has 2 amide bonds. The van der Waals surface area contributed by atoms with Crippen LogP contribution in [0.4, 0.5) is 19.0 Å². The van der Waals surface area contributed by atoms with E-state index in [4.69, 9.17) is 17.3 Å². The highest BCUT2D eigenvalue weighted by Gasteiger charge is 2.31. The van der Waals surface area contributed by atoms with Crippen LogP contribution in [-0.4, -0.2) is 56.8 Å². The number of piperidine rings is 1. The molecule has 5 rings (SSSR count). The average Bonchev–Trinajstić information content (AvgIpc) is 3.34. The van der Waals surface area contributed by atoms with Gasteiger partial charge in [0.15, 0.2) is 5.69 Å². The number of hydrogen-bond donors (Lipinski definition) is 2. The lowest BCUT2D eigenvalue weighted by Crippen LogP contribution is -2.51. The van der Waals surface area contributed by atoms with Gasteiger partial charge in [-0.25, -0.2) is 17.9 Å². The van der Waals surface area contributed by atoms with Crippen LogP contribution in [0.3, 0.4) is 0 Å². The minimum Gasteiger partial charge on any atom is -0.335 e. The number of hydrogen-bond acceptors (Lipinski definition) is 5. The molecule has 3 N–H and O–H groups in total. The number of amides is 2. The highest BCUT2D eigenvalue weighted by Crippen LogP contribution is 2.30. The summed E-state index contributed by atoms with van der Waals surface area (Å²) in [6.45, 7) is 0.198. The van der Waals surface area contributed by atoms with Gasteiger partial charge in [-0.1, -0.05) is 29.8 Å². The van der Waals surface area contributed by atoms with Crippen molar-refractivity contribution >= 4 is 29.2 Å². The third kappa shape index (κ3) is 5.36. The van der Waals surface area contributed by atoms with Crippen molar-refractivity contribution in [2.45, 2.75) is 18.6 Å². The maximum atomic E-state index is 14.7. The summed E-state index contributed by atoms with van der Waals surface area (Å²) in [7, 11) is 0. The molecule has 39 heavy (non-hydrogen) atoms. The molecule has 2 atom stereocenters. The van der Waals surface area contributed by atoms with Crippen LogP contribution in [-0.2, 0) is 0 Å². The maximum absolute atomic E-state index is 14.7. The third-order valence-corrected chi connectivity index (χ3v) is 6.66. The fourth-order valence-corrected chi connectivity index (χ4v) is 4.55. The van der Waals surface area contributed by atoms with Crippen molar-refractivity contribution in [2.75, 3.05) is 18.4 Å². The van der Waals surface area contributed by atoms with Gasteiger partial charge < -0.3 is 16.0 Å². The Hall–Kier alpha value is -4.22. The highest BCUT2D eigenvalue weighted by molar-refractivity contribution is 6.34. The zero-order valence-corrected chi connectivity index (χ0v) is 21.1. The zero-order chi connectivity index (χ0) is 27.7. The molecule has 0 aliphatic carbocycles. The van der Waals surface area contributed by atoms with Gasteiger partial charge >= 0.3 is 0 Å². The monoisotopic (exact) mass is 554 g/mol. The number of nitrogens with one attached hydrogen (secondary N) is 1. The number of para-hydroxylation sites is 1. The van der Waals surface area contributed by atoms with Crippen LogP contribution >= 0.6 is 11.6 Å². The minimum absolute atomic E-state index is 0.000102. The van der Waals surface area contributed by atoms with Gasteiger partial charge in [-0.15, -0.1) is 0 Å². The predicted molar refractivity (Wildman–Crippen MR) is 140 cm³/mol. The lowest BCUT2D eigenvalue weighted by molar-refractivity contribution is 0.0623. The Morgan fingerprint density at radius 3 is 2.54 bits per heavy atom. The molecule has 2 aromatic heterocycles. The Labute approximate surface area is 226 Å². The molecule has 1 fully saturated rings. The van der Waals surface area contributed by atoms with Gasteiger partial charge in [0.05, 0.1) is 22.3 Å². The number of rotatable bonds is 5. The smallest absolute Gasteiger partial charge is 0.274 e. The molecule has 12 heteroatoms. The number of carbonyl (C=O) groups excluding carboxylic acids is 2. The fraction of sp³-hybridized carbons (Fsp3) is 0.185. The van der Waals surface area contributed by atoms with Crippen LogP contribution in [0.15, 0.2) is 66.9 Å². The Bertz CT molecular complexity index is 1550. The van der Waals surface area contributed by atoms with Gasteiger partial charge in [0.2, 0.25) is 0 Å². The summed E-state index contributed by atoms with van der Waals surface area (Å²) in [5.74, 6) is -2.74. The second kappa shape index (κ2) is 10.9. The highest BCUT2D eigenvalue weighted by atomic mass is 35.5. The topological polar surface area (TPSA) is 106 Å². The van der Waals surface area contributed by atoms with E-state index >= 15 is 0 Å². The average molecular weight is 555 g/mol. The van der Waals surface area contributed by atoms with E-state index in [1.807, 2.05) is 0 Å². The standard InChI is InChI=1S/C27H22ClF3N6O2/c28-18-12-21(31)17(25-20(30)7-4-9-33-25)11-16(18)26(38)34-24-13-23(35-37(24)15-5-2-1-3-6-15)27(39)36-10-8-19(29)22(32)14-36/h1-7,9,11-13,19,22H,8,10,14,32H2,(H,34,38). The van der Waals surface area contributed by atoms with E-state index in [9.17, 15) is 22.8 Å². The molecule has 3 heterocycles. The van der Waals surface area contributed by atoms with E-state index in [1.54, 1.807) is 30.3 Å². The van der Waals surface area contributed by atoms with Gasteiger partial charge in [-0.05, 0) is 42.8 Å². The molecule has 0 saturated carbocycles. The Morgan fingerprint density at radius 2 is 1.82 bits per heavy atom. The molecule has 0 bridgehead atoms. The zero-order valence-electron chi connectivity index (χ0n) is 20.3. The predicted octanol–water partition coefficient (Wildman–Crippen LogP) is 4.63. The van der Waals surface area contributed by atoms with E-state index in [-0.39, 0.29) is 52.9 Å². The second-order valence-electron chi connectivity index (χ2n) is 8.98. The van der Waals surface area contributed by atoms with E-state index in [2.05, 4.69) is 15.4 Å². The first-order valence-corrected chi connectivity index (χ1v) is 12.4. The lowest BCUT2D eigenvalue weighted by atomic mass is 10.0. The van der Waals surface area contributed by atoms with Crippen molar-refractivity contribution in [3.05, 3.63) is 94.8 Å². The van der Waals surface area contributed by atoms with Gasteiger partial charge in [0, 0.05) is 30.9 Å². The van der Waals surface area contributed by atoms with Crippen LogP contribution in [0.2, 0.25) is 5.02 Å². The number of likely N-dealkylation sites (tertiary alicyclic amines) is 1. The fourth-order valence-electron chi connectivity index (χ4n) is 4.31. The lowest BCUT2D eigenvalue weighted by Gasteiger charge is -2.32. The summed E-state index contributed by atoms with van der Waals surface area (Å²) in [6.07, 6.45) is 0.209. The molecule has 1 saturated heterocycles. The molecule has 1 aliphatic rings. The number of nitrogens with zero attached hydrogens (tertiary/aromatic N) is 4. The number of aromatic nitrogens is 3. The summed E-state index contributed by atoms with van der Waals surface area (Å²) in [5.41, 5.74) is 5.67. The first-order chi connectivity index (χ1) is 18.7. The molecule has 0 spiro atoms. The molecule has 2 unspecified atom stereocenters. The van der Waals surface area contributed by atoms with Crippen LogP contribution in [0.1, 0.15) is 27.3 Å². The largest absolute Gasteiger partial charge is 0.335 e. The van der Waals surface area contributed by atoms with Gasteiger partial charge in [0.1, 0.15) is 29.3 Å². The number of nitrogens with two attached hydrogens (primary N) is 1. The van der Waals surface area contributed by atoms with E-state index in [0.717, 1.165) is 18.2 Å². The number of benzene rings is 2. The third-order valence-electron chi connectivity index (χ3n) is 6.34. The van der Waals surface area contributed by atoms with Gasteiger partial charge in [-0.2, -0.15) is 5.10 Å². The molecule has 0 radical (unpaired) electrons. The van der Waals surface area contributed by atoms with Crippen LogP contribution in [0, 0.1) is 11.6 Å². The van der Waals surface area contributed by atoms with Crippen molar-refractivity contribution in [3.63, 3.8) is 0 Å². The summed E-state index contributed by atoms with van der Waals surface area (Å²) < 4.78 is 44.2. The van der Waals surface area contributed by atoms with E-state index < -0.39 is 35.7 Å². The molecule has 200 valence electrons. The minimum atomic E-state index is -1.20. The SMILES string of the molecule is NC1CN(C(=O)c2cc(NC(=O)c3cc(-c4ncccc4F)c(F)cc3Cl)n(-c3ccccc3)n2)CCC1F. The van der Waals surface area contributed by atoms with Crippen molar-refractivity contribution in [1.82, 2.24) is 19.7 Å². The Kier molecular flexibility index (Phi) is 7.36. The number of anilines is 1. The van der Waals surface area contributed by atoms with Gasteiger partial charge in [0.25, 0.3) is 11.8 Å². The van der Waals surface area contributed by atoms with Gasteiger partial charge in [-0.3, -0.25) is 14.6 Å². The first-order valence-electron chi connectivity index (χ1n) is 12.0. The Balaban J connectivity index is 1.49. The molecule has 8 nitrogen and oxygen atoms in total. The summed E-state index contributed by atoms with van der Waals surface area (Å²) in [6, 6.07) is 13.8. The van der Waals surface area contributed by atoms with Crippen LogP contribution in [0.5, 0.6) is 0 Å². The van der Waals surface area contributed by atoms with Crippen molar-refractivity contribution in [1.29, 1.82) is 0 Å². The maximum Gasteiger partial charge on any atom is 0.274 e. The molecule has 4 aromatic rings. The number of carbonyl (C=O) groups is 2. The first kappa shape index (κ1) is 26.4. The quantitative estimate of drug-likeness (QED) is 0.374. The molecule has 1 aliphatic heterocycles. The second-order valence-corrected chi connectivity index (χ2v) is 9.39. The van der Waals surface area contributed by atoms with E-state index in [0.29, 0.717) is 5.69 Å². The van der Waals surface area contributed by atoms with Crippen molar-refractivity contribution in [3.8, 4) is 16.9 Å².